The summed E-state index contributed by atoms with van der Waals surface area (Å²) >= 11 is 1.48. The van der Waals surface area contributed by atoms with Gasteiger partial charge in [0.2, 0.25) is 0 Å². The molecule has 18 heavy (non-hydrogen) atoms. The summed E-state index contributed by atoms with van der Waals surface area (Å²) in [6.07, 6.45) is 2.85. The summed E-state index contributed by atoms with van der Waals surface area (Å²) in [7, 11) is 0. The summed E-state index contributed by atoms with van der Waals surface area (Å²) in [6.45, 7) is 3.88. The lowest BCUT2D eigenvalue weighted by atomic mass is 9.89. The molecule has 0 bridgehead atoms. The fourth-order valence-corrected chi connectivity index (χ4v) is 2.30. The lowest BCUT2D eigenvalue weighted by molar-refractivity contribution is 0.433. The van der Waals surface area contributed by atoms with Crippen molar-refractivity contribution in [2.75, 3.05) is 11.5 Å². The normalized spacial score (nSPS) is 11.2. The van der Waals surface area contributed by atoms with E-state index in [1.54, 1.807) is 0 Å². The summed E-state index contributed by atoms with van der Waals surface area (Å²) in [5.74, 6) is 1.10. The minimum Gasteiger partial charge on any atom is -0.383 e. The van der Waals surface area contributed by atoms with Gasteiger partial charge >= 0.3 is 0 Å². The predicted molar refractivity (Wildman–Crippen MR) is 73.2 cm³/mol. The molecule has 5 nitrogen and oxygen atoms in total. The third-order valence-corrected chi connectivity index (χ3v) is 3.44. The number of nitriles is 1. The predicted octanol–water partition coefficient (Wildman–Crippen LogP) is 2.16. The molecular weight excluding hydrogens is 248 g/mol. The molecule has 0 aliphatic rings. The van der Waals surface area contributed by atoms with E-state index in [1.165, 1.54) is 17.8 Å². The number of nitrogens with one attached hydrogen (secondary N) is 1. The maximum Gasteiger partial charge on any atom is 0.253 e. The van der Waals surface area contributed by atoms with Crippen LogP contribution < -0.4 is 11.3 Å². The first-order valence-electron chi connectivity index (χ1n) is 5.84. The van der Waals surface area contributed by atoms with Crippen molar-refractivity contribution in [1.82, 2.24) is 9.97 Å². The number of nitrogen functional groups attached to an aromatic ring is 1. The number of thioether (sulfide) groups is 1. The van der Waals surface area contributed by atoms with E-state index in [9.17, 15) is 4.79 Å². The van der Waals surface area contributed by atoms with E-state index in [-0.39, 0.29) is 16.8 Å². The second-order valence-electron chi connectivity index (χ2n) is 4.78. The van der Waals surface area contributed by atoms with Crippen molar-refractivity contribution in [2.24, 2.45) is 5.41 Å². The SMILES string of the molecule is CC(C)(C#N)CCCCSc1nc(N)cc(=O)[nH]1. The van der Waals surface area contributed by atoms with Crippen LogP contribution in [0.3, 0.4) is 0 Å². The van der Waals surface area contributed by atoms with Gasteiger partial charge < -0.3 is 10.7 Å². The maximum atomic E-state index is 11.1. The number of anilines is 1. The first-order chi connectivity index (χ1) is 8.43. The number of aromatic nitrogens is 2. The highest BCUT2D eigenvalue weighted by Crippen LogP contribution is 2.23. The molecule has 0 atom stereocenters. The third-order valence-electron chi connectivity index (χ3n) is 2.48. The molecule has 1 aromatic rings. The molecule has 1 heterocycles. The molecule has 0 aromatic carbocycles. The van der Waals surface area contributed by atoms with Crippen molar-refractivity contribution in [3.8, 4) is 6.07 Å². The molecule has 3 N–H and O–H groups in total. The number of nitrogens with zero attached hydrogens (tertiary/aromatic N) is 2. The fourth-order valence-electron chi connectivity index (χ4n) is 1.42. The van der Waals surface area contributed by atoms with Gasteiger partial charge in [-0.05, 0) is 26.7 Å². The van der Waals surface area contributed by atoms with E-state index in [1.807, 2.05) is 13.8 Å². The van der Waals surface area contributed by atoms with Gasteiger partial charge in [0.15, 0.2) is 5.16 Å². The third kappa shape index (κ3) is 5.23. The molecule has 0 saturated carbocycles. The summed E-state index contributed by atoms with van der Waals surface area (Å²) < 4.78 is 0. The number of aromatic amines is 1. The fraction of sp³-hybridized carbons (Fsp3) is 0.583. The monoisotopic (exact) mass is 266 g/mol. The van der Waals surface area contributed by atoms with Crippen molar-refractivity contribution < 1.29 is 0 Å². The lowest BCUT2D eigenvalue weighted by Crippen LogP contribution is -2.09. The lowest BCUT2D eigenvalue weighted by Gasteiger charge is -2.13. The first kappa shape index (κ1) is 14.6. The van der Waals surface area contributed by atoms with Crippen LogP contribution in [-0.2, 0) is 0 Å². The van der Waals surface area contributed by atoms with Gasteiger partial charge in [0.1, 0.15) is 5.82 Å². The minimum atomic E-state index is -0.256. The largest absolute Gasteiger partial charge is 0.383 e. The molecule has 0 saturated heterocycles. The number of hydrogen-bond donors (Lipinski definition) is 2. The molecule has 1 rings (SSSR count). The zero-order valence-electron chi connectivity index (χ0n) is 10.7. The summed E-state index contributed by atoms with van der Waals surface area (Å²) in [6, 6.07) is 3.55. The average Bonchev–Trinajstić information content (AvgIpc) is 2.27. The van der Waals surface area contributed by atoms with Gasteiger partial charge in [-0.25, -0.2) is 4.98 Å². The Morgan fingerprint density at radius 3 is 2.89 bits per heavy atom. The van der Waals surface area contributed by atoms with Crippen LogP contribution in [0.4, 0.5) is 5.82 Å². The minimum absolute atomic E-state index is 0.226. The molecule has 0 spiro atoms. The van der Waals surface area contributed by atoms with E-state index < -0.39 is 0 Å². The zero-order chi connectivity index (χ0) is 13.6. The molecule has 6 heteroatoms. The van der Waals surface area contributed by atoms with E-state index in [2.05, 4.69) is 16.0 Å². The van der Waals surface area contributed by atoms with Crippen molar-refractivity contribution in [1.29, 1.82) is 5.26 Å². The van der Waals surface area contributed by atoms with Crippen LogP contribution >= 0.6 is 11.8 Å². The molecule has 0 aliphatic heterocycles. The van der Waals surface area contributed by atoms with Crippen molar-refractivity contribution >= 4 is 17.6 Å². The van der Waals surface area contributed by atoms with Crippen LogP contribution in [0, 0.1) is 16.7 Å². The Labute approximate surface area is 111 Å². The van der Waals surface area contributed by atoms with E-state index in [0.717, 1.165) is 25.0 Å². The molecule has 0 fully saturated rings. The van der Waals surface area contributed by atoms with Gasteiger partial charge in [0, 0.05) is 11.8 Å². The second-order valence-corrected chi connectivity index (χ2v) is 5.86. The van der Waals surface area contributed by atoms with Crippen LogP contribution in [-0.4, -0.2) is 15.7 Å². The number of nitrogens with two attached hydrogens (primary N) is 1. The maximum absolute atomic E-state index is 11.1. The standard InChI is InChI=1S/C12H18N4OS/c1-12(2,8-13)5-3-4-6-18-11-15-9(14)7-10(17)16-11/h7H,3-6H2,1-2H3,(H3,14,15,16,17). The van der Waals surface area contributed by atoms with Crippen LogP contribution in [0.5, 0.6) is 0 Å². The van der Waals surface area contributed by atoms with Crippen LogP contribution in [0.1, 0.15) is 33.1 Å². The smallest absolute Gasteiger partial charge is 0.253 e. The summed E-state index contributed by atoms with van der Waals surface area (Å²) in [4.78, 5) is 17.8. The van der Waals surface area contributed by atoms with Crippen molar-refractivity contribution in [3.05, 3.63) is 16.4 Å². The molecule has 0 unspecified atom stereocenters. The van der Waals surface area contributed by atoms with Gasteiger partial charge in [-0.3, -0.25) is 4.79 Å². The Hall–Kier alpha value is -1.48. The second kappa shape index (κ2) is 6.45. The van der Waals surface area contributed by atoms with Crippen LogP contribution in [0.25, 0.3) is 0 Å². The molecule has 0 radical (unpaired) electrons. The van der Waals surface area contributed by atoms with Crippen LogP contribution in [0.15, 0.2) is 16.0 Å². The van der Waals surface area contributed by atoms with Gasteiger partial charge in [0.25, 0.3) is 5.56 Å². The van der Waals surface area contributed by atoms with Gasteiger partial charge in [-0.2, -0.15) is 5.26 Å². The summed E-state index contributed by atoms with van der Waals surface area (Å²) in [5, 5.41) is 9.43. The Balaban J connectivity index is 2.31. The van der Waals surface area contributed by atoms with E-state index >= 15 is 0 Å². The van der Waals surface area contributed by atoms with Gasteiger partial charge in [-0.15, -0.1) is 0 Å². The first-order valence-corrected chi connectivity index (χ1v) is 6.82. The topological polar surface area (TPSA) is 95.6 Å². The molecule has 0 amide bonds. The quantitative estimate of drug-likeness (QED) is 0.467. The number of H-pyrrole nitrogens is 1. The van der Waals surface area contributed by atoms with Crippen molar-refractivity contribution in [3.63, 3.8) is 0 Å². The number of rotatable bonds is 6. The number of unbranched alkanes of at least 4 members (excludes halogenated alkanes) is 1. The van der Waals surface area contributed by atoms with Gasteiger partial charge in [0.05, 0.1) is 11.5 Å². The van der Waals surface area contributed by atoms with E-state index in [0.29, 0.717) is 5.16 Å². The van der Waals surface area contributed by atoms with Crippen LogP contribution in [0.2, 0.25) is 0 Å². The highest BCUT2D eigenvalue weighted by Gasteiger charge is 2.15. The average molecular weight is 266 g/mol. The zero-order valence-corrected chi connectivity index (χ0v) is 11.5. The Bertz CT molecular complexity index is 490. The Morgan fingerprint density at radius 1 is 1.56 bits per heavy atom. The molecule has 0 aliphatic carbocycles. The Kier molecular flexibility index (Phi) is 5.23. The van der Waals surface area contributed by atoms with Crippen molar-refractivity contribution in [2.45, 2.75) is 38.3 Å². The highest BCUT2D eigenvalue weighted by molar-refractivity contribution is 7.99. The number of hydrogen-bond acceptors (Lipinski definition) is 5. The molecule has 1 aromatic heterocycles. The summed E-state index contributed by atoms with van der Waals surface area (Å²) in [5.41, 5.74) is 5.00. The Morgan fingerprint density at radius 2 is 2.28 bits per heavy atom. The van der Waals surface area contributed by atoms with Gasteiger partial charge in [-0.1, -0.05) is 18.2 Å². The highest BCUT2D eigenvalue weighted by atomic mass is 32.2. The van der Waals surface area contributed by atoms with E-state index in [4.69, 9.17) is 11.0 Å². The molecule has 98 valence electrons. The molecular formula is C12H18N4OS.